The molecule has 0 fully saturated rings. The number of carbonyl (C=O) groups is 2. The number of nitrogens with zero attached hydrogens (tertiary/aromatic N) is 1. The van der Waals surface area contributed by atoms with Gasteiger partial charge in [-0.1, -0.05) is 0 Å². The maximum absolute atomic E-state index is 12.3. The number of sulfonamides is 1. The lowest BCUT2D eigenvalue weighted by atomic mass is 10.3. The van der Waals surface area contributed by atoms with Crippen molar-refractivity contribution in [1.82, 2.24) is 4.31 Å². The summed E-state index contributed by atoms with van der Waals surface area (Å²) in [5.74, 6) is -1.15. The third-order valence-corrected chi connectivity index (χ3v) is 4.67. The lowest BCUT2D eigenvalue weighted by Crippen LogP contribution is -2.24. The molecule has 1 rings (SSSR count). The summed E-state index contributed by atoms with van der Waals surface area (Å²) in [6, 6.07) is 4.16. The van der Waals surface area contributed by atoms with Crippen LogP contribution in [0.2, 0.25) is 0 Å². The molecule has 0 saturated heterocycles. The maximum atomic E-state index is 12.3. The lowest BCUT2D eigenvalue weighted by molar-refractivity contribution is -0.150. The summed E-state index contributed by atoms with van der Waals surface area (Å²) in [4.78, 5) is 22.8. The minimum atomic E-state index is -3.76. The van der Waals surface area contributed by atoms with Gasteiger partial charge in [0.1, 0.15) is 17.3 Å². The zero-order valence-electron chi connectivity index (χ0n) is 13.9. The monoisotopic (exact) mass is 360 g/mol. The molecule has 0 unspecified atom stereocenters. The van der Waals surface area contributed by atoms with Gasteiger partial charge in [0.15, 0.2) is 6.61 Å². The Hall–Kier alpha value is -2.17. The minimum Gasteiger partial charge on any atom is -0.495 e. The molecule has 1 aromatic carbocycles. The van der Waals surface area contributed by atoms with E-state index in [1.54, 1.807) is 0 Å². The van der Waals surface area contributed by atoms with Gasteiger partial charge < -0.3 is 19.5 Å². The number of benzene rings is 1. The Morgan fingerprint density at radius 3 is 2.38 bits per heavy atom. The summed E-state index contributed by atoms with van der Waals surface area (Å²) >= 11 is 0. The van der Waals surface area contributed by atoms with Gasteiger partial charge in [0.2, 0.25) is 10.0 Å². The van der Waals surface area contributed by atoms with Crippen molar-refractivity contribution in [2.24, 2.45) is 0 Å². The van der Waals surface area contributed by atoms with E-state index in [-0.39, 0.29) is 22.9 Å². The average Bonchev–Trinajstić information content (AvgIpc) is 2.53. The summed E-state index contributed by atoms with van der Waals surface area (Å²) < 4.78 is 39.9. The first kappa shape index (κ1) is 19.9. The van der Waals surface area contributed by atoms with E-state index in [0.717, 1.165) is 4.31 Å². The second-order valence-electron chi connectivity index (χ2n) is 4.79. The van der Waals surface area contributed by atoms with Crippen LogP contribution in [0.4, 0.5) is 5.69 Å². The summed E-state index contributed by atoms with van der Waals surface area (Å²) in [6.07, 6.45) is 0. The van der Waals surface area contributed by atoms with Crippen LogP contribution in [0.15, 0.2) is 23.1 Å². The number of methoxy groups -OCH3 is 2. The third kappa shape index (κ3) is 5.18. The Balaban J connectivity index is 2.91. The first-order chi connectivity index (χ1) is 11.2. The summed E-state index contributed by atoms with van der Waals surface area (Å²) in [5, 5.41) is 2.45. The molecular formula is C14H20N2O7S. The van der Waals surface area contributed by atoms with E-state index in [9.17, 15) is 18.0 Å². The molecule has 10 heteroatoms. The fourth-order valence-electron chi connectivity index (χ4n) is 1.66. The molecule has 9 nitrogen and oxygen atoms in total. The quantitative estimate of drug-likeness (QED) is 0.653. The highest BCUT2D eigenvalue weighted by atomic mass is 32.2. The van der Waals surface area contributed by atoms with Crippen LogP contribution < -0.4 is 10.1 Å². The molecule has 0 heterocycles. The molecule has 0 atom stereocenters. The predicted octanol–water partition coefficient (Wildman–Crippen LogP) is 0.0736. The Morgan fingerprint density at radius 1 is 1.17 bits per heavy atom. The highest BCUT2D eigenvalue weighted by molar-refractivity contribution is 7.89. The van der Waals surface area contributed by atoms with E-state index in [1.165, 1.54) is 46.5 Å². The van der Waals surface area contributed by atoms with E-state index in [4.69, 9.17) is 4.74 Å². The van der Waals surface area contributed by atoms with Crippen LogP contribution in [0.5, 0.6) is 5.75 Å². The molecule has 0 aromatic heterocycles. The molecule has 0 aliphatic carbocycles. The Bertz CT molecular complexity index is 701. The molecule has 1 aromatic rings. The lowest BCUT2D eigenvalue weighted by Gasteiger charge is -2.16. The fourth-order valence-corrected chi connectivity index (χ4v) is 2.73. The van der Waals surface area contributed by atoms with Crippen molar-refractivity contribution in [1.29, 1.82) is 0 Å². The average molecular weight is 360 g/mol. The third-order valence-electron chi connectivity index (χ3n) is 2.83. The van der Waals surface area contributed by atoms with Crippen molar-refractivity contribution in [3.63, 3.8) is 0 Å². The standard InChI is InChI=1S/C14H20N2O7S/c1-16(2)24(19,20)12-7-10(5-6-11(12)22-4)15-13(17)8-23-14(18)9-21-3/h5-7H,8-9H2,1-4H3,(H,15,17). The van der Waals surface area contributed by atoms with Crippen molar-refractivity contribution in [2.45, 2.75) is 4.90 Å². The van der Waals surface area contributed by atoms with Crippen molar-refractivity contribution >= 4 is 27.6 Å². The van der Waals surface area contributed by atoms with Gasteiger partial charge in [0.05, 0.1) is 7.11 Å². The number of hydrogen-bond donors (Lipinski definition) is 1. The van der Waals surface area contributed by atoms with Crippen LogP contribution in [-0.4, -0.2) is 66.1 Å². The fraction of sp³-hybridized carbons (Fsp3) is 0.429. The van der Waals surface area contributed by atoms with Gasteiger partial charge in [0, 0.05) is 26.9 Å². The molecule has 1 N–H and O–H groups in total. The molecule has 0 bridgehead atoms. The number of hydrogen-bond acceptors (Lipinski definition) is 7. The number of ether oxygens (including phenoxy) is 3. The first-order valence-corrected chi connectivity index (χ1v) is 8.21. The summed E-state index contributed by atoms with van der Waals surface area (Å²) in [6.45, 7) is -0.773. The number of amides is 1. The van der Waals surface area contributed by atoms with E-state index in [1.807, 2.05) is 0 Å². The van der Waals surface area contributed by atoms with Gasteiger partial charge in [-0.15, -0.1) is 0 Å². The van der Waals surface area contributed by atoms with Crippen LogP contribution in [0, 0.1) is 0 Å². The Labute approximate surface area is 140 Å². The number of carbonyl (C=O) groups excluding carboxylic acids is 2. The van der Waals surface area contributed by atoms with Crippen molar-refractivity contribution < 1.29 is 32.2 Å². The number of nitrogens with one attached hydrogen (secondary N) is 1. The number of rotatable bonds is 8. The largest absolute Gasteiger partial charge is 0.495 e. The van der Waals surface area contributed by atoms with Crippen LogP contribution >= 0.6 is 0 Å². The number of anilines is 1. The molecule has 0 saturated carbocycles. The van der Waals surface area contributed by atoms with Gasteiger partial charge >= 0.3 is 5.97 Å². The van der Waals surface area contributed by atoms with E-state index in [2.05, 4.69) is 14.8 Å². The van der Waals surface area contributed by atoms with Crippen LogP contribution in [0.1, 0.15) is 0 Å². The summed E-state index contributed by atoms with van der Waals surface area (Å²) in [5.41, 5.74) is 0.226. The minimum absolute atomic E-state index is 0.0934. The maximum Gasteiger partial charge on any atom is 0.332 e. The molecule has 0 radical (unpaired) electrons. The van der Waals surface area contributed by atoms with E-state index >= 15 is 0 Å². The topological polar surface area (TPSA) is 111 Å². The second kappa shape index (κ2) is 8.62. The van der Waals surface area contributed by atoms with Crippen LogP contribution in [-0.2, 0) is 29.1 Å². The number of esters is 1. The van der Waals surface area contributed by atoms with E-state index in [0.29, 0.717) is 0 Å². The van der Waals surface area contributed by atoms with Gasteiger partial charge in [-0.2, -0.15) is 0 Å². The molecule has 0 aliphatic rings. The van der Waals surface area contributed by atoms with Gasteiger partial charge in [-0.3, -0.25) is 4.79 Å². The molecule has 24 heavy (non-hydrogen) atoms. The van der Waals surface area contributed by atoms with E-state index < -0.39 is 28.5 Å². The molecular weight excluding hydrogens is 340 g/mol. The molecule has 0 spiro atoms. The first-order valence-electron chi connectivity index (χ1n) is 6.77. The van der Waals surface area contributed by atoms with Crippen LogP contribution in [0.25, 0.3) is 0 Å². The van der Waals surface area contributed by atoms with Gasteiger partial charge in [-0.25, -0.2) is 17.5 Å². The predicted molar refractivity (Wildman–Crippen MR) is 85.3 cm³/mol. The van der Waals surface area contributed by atoms with Crippen molar-refractivity contribution in [3.8, 4) is 5.75 Å². The molecule has 1 amide bonds. The molecule has 134 valence electrons. The van der Waals surface area contributed by atoms with Crippen LogP contribution in [0.3, 0.4) is 0 Å². The second-order valence-corrected chi connectivity index (χ2v) is 6.92. The summed E-state index contributed by atoms with van der Waals surface area (Å²) in [7, 11) is 1.68. The van der Waals surface area contributed by atoms with Crippen molar-refractivity contribution in [3.05, 3.63) is 18.2 Å². The Morgan fingerprint density at radius 2 is 1.83 bits per heavy atom. The SMILES string of the molecule is COCC(=O)OCC(=O)Nc1ccc(OC)c(S(=O)(=O)N(C)C)c1. The Kier molecular flexibility index (Phi) is 7.14. The molecule has 0 aliphatic heterocycles. The zero-order valence-corrected chi connectivity index (χ0v) is 14.7. The van der Waals surface area contributed by atoms with Gasteiger partial charge in [-0.05, 0) is 18.2 Å². The smallest absolute Gasteiger partial charge is 0.332 e. The highest BCUT2D eigenvalue weighted by Crippen LogP contribution is 2.28. The van der Waals surface area contributed by atoms with Gasteiger partial charge in [0.25, 0.3) is 5.91 Å². The normalized spacial score (nSPS) is 11.2. The van der Waals surface area contributed by atoms with Crippen molar-refractivity contribution in [2.75, 3.05) is 46.8 Å². The zero-order chi connectivity index (χ0) is 18.3. The highest BCUT2D eigenvalue weighted by Gasteiger charge is 2.23.